The molecule has 6 heteroatoms. The highest BCUT2D eigenvalue weighted by Crippen LogP contribution is 2.21. The molecule has 0 saturated carbocycles. The van der Waals surface area contributed by atoms with Crippen molar-refractivity contribution in [2.75, 3.05) is 26.2 Å². The van der Waals surface area contributed by atoms with Crippen molar-refractivity contribution < 1.29 is 5.11 Å². The average Bonchev–Trinajstić information content (AvgIpc) is 3.13. The van der Waals surface area contributed by atoms with Crippen LogP contribution in [0.1, 0.15) is 23.1 Å². The molecule has 142 valence electrons. The monoisotopic (exact) mass is 382 g/mol. The number of hydrogen-bond acceptors (Lipinski definition) is 6. The molecule has 0 unspecified atom stereocenters. The topological polar surface area (TPSA) is 52.5 Å². The van der Waals surface area contributed by atoms with E-state index in [-0.39, 0.29) is 6.61 Å². The second-order valence-corrected chi connectivity index (χ2v) is 7.91. The normalized spacial score (nSPS) is 19.0. The summed E-state index contributed by atoms with van der Waals surface area (Å²) in [5, 5.41) is 9.57. The first-order valence-electron chi connectivity index (χ1n) is 9.56. The highest BCUT2D eigenvalue weighted by Gasteiger charge is 2.27. The molecule has 1 aliphatic rings. The van der Waals surface area contributed by atoms with E-state index in [9.17, 15) is 5.11 Å². The van der Waals surface area contributed by atoms with E-state index in [0.29, 0.717) is 6.04 Å². The summed E-state index contributed by atoms with van der Waals surface area (Å²) in [6.45, 7) is 7.35. The molecule has 0 amide bonds. The molecule has 2 aromatic carbocycles. The standard InChI is InChI=1S/C21H26N4OS/c1-16-4-2-3-5-18(16)14-25-10-9-24(15-19(25)8-11-26)13-17-6-7-20-21(12-17)23-27-22-20/h2-7,12,19,26H,8-11,13-15H2,1H3/t19-/m0/s1. The lowest BCUT2D eigenvalue weighted by Crippen LogP contribution is -2.52. The van der Waals surface area contributed by atoms with E-state index in [1.165, 1.54) is 28.4 Å². The van der Waals surface area contributed by atoms with Gasteiger partial charge < -0.3 is 5.11 Å². The molecule has 27 heavy (non-hydrogen) atoms. The molecule has 0 aliphatic carbocycles. The lowest BCUT2D eigenvalue weighted by molar-refractivity contribution is 0.0499. The summed E-state index contributed by atoms with van der Waals surface area (Å²) in [4.78, 5) is 5.03. The molecule has 0 bridgehead atoms. The zero-order valence-electron chi connectivity index (χ0n) is 15.7. The van der Waals surface area contributed by atoms with Crippen molar-refractivity contribution >= 4 is 22.8 Å². The van der Waals surface area contributed by atoms with Crippen LogP contribution in [0.4, 0.5) is 0 Å². The number of hydrogen-bond donors (Lipinski definition) is 1. The minimum atomic E-state index is 0.235. The summed E-state index contributed by atoms with van der Waals surface area (Å²) in [7, 11) is 0. The van der Waals surface area contributed by atoms with Crippen molar-refractivity contribution in [3.05, 3.63) is 59.2 Å². The number of aliphatic hydroxyl groups is 1. The van der Waals surface area contributed by atoms with E-state index in [0.717, 1.165) is 50.2 Å². The molecule has 1 saturated heterocycles. The first kappa shape index (κ1) is 18.5. The van der Waals surface area contributed by atoms with Gasteiger partial charge in [-0.05, 0) is 42.2 Å². The predicted octanol–water partition coefficient (Wildman–Crippen LogP) is 3.07. The van der Waals surface area contributed by atoms with Crippen LogP contribution in [0.3, 0.4) is 0 Å². The van der Waals surface area contributed by atoms with Gasteiger partial charge in [0, 0.05) is 45.4 Å². The van der Waals surface area contributed by atoms with Crippen LogP contribution in [-0.2, 0) is 13.1 Å². The first-order chi connectivity index (χ1) is 13.2. The van der Waals surface area contributed by atoms with Gasteiger partial charge in [-0.1, -0.05) is 30.3 Å². The van der Waals surface area contributed by atoms with Crippen LogP contribution in [0, 0.1) is 6.92 Å². The Hall–Kier alpha value is -1.86. The molecule has 1 N–H and O–H groups in total. The van der Waals surface area contributed by atoms with Gasteiger partial charge in [-0.15, -0.1) is 0 Å². The van der Waals surface area contributed by atoms with Crippen LogP contribution in [0.25, 0.3) is 11.0 Å². The Bertz CT molecular complexity index is 897. The Balaban J connectivity index is 1.43. The Morgan fingerprint density at radius 2 is 1.93 bits per heavy atom. The van der Waals surface area contributed by atoms with Crippen LogP contribution in [0.15, 0.2) is 42.5 Å². The van der Waals surface area contributed by atoms with Gasteiger partial charge in [0.1, 0.15) is 11.0 Å². The van der Waals surface area contributed by atoms with Gasteiger partial charge >= 0.3 is 0 Å². The number of fused-ring (bicyclic) bond motifs is 1. The van der Waals surface area contributed by atoms with Gasteiger partial charge in [0.15, 0.2) is 0 Å². The largest absolute Gasteiger partial charge is 0.396 e. The lowest BCUT2D eigenvalue weighted by Gasteiger charge is -2.41. The van der Waals surface area contributed by atoms with Gasteiger partial charge in [-0.25, -0.2) is 0 Å². The third kappa shape index (κ3) is 4.35. The average molecular weight is 383 g/mol. The molecular formula is C21H26N4OS. The Morgan fingerprint density at radius 3 is 2.78 bits per heavy atom. The van der Waals surface area contributed by atoms with Crippen LogP contribution in [0.2, 0.25) is 0 Å². The van der Waals surface area contributed by atoms with Crippen LogP contribution in [0.5, 0.6) is 0 Å². The minimum Gasteiger partial charge on any atom is -0.396 e. The third-order valence-electron chi connectivity index (χ3n) is 5.51. The van der Waals surface area contributed by atoms with Crippen molar-refractivity contribution in [1.29, 1.82) is 0 Å². The number of rotatable bonds is 6. The number of aryl methyl sites for hydroxylation is 1. The second-order valence-electron chi connectivity index (χ2n) is 7.39. The molecule has 1 aliphatic heterocycles. The maximum Gasteiger partial charge on any atom is 0.105 e. The fourth-order valence-electron chi connectivity index (χ4n) is 3.92. The van der Waals surface area contributed by atoms with Gasteiger partial charge in [0.25, 0.3) is 0 Å². The van der Waals surface area contributed by atoms with E-state index in [1.807, 2.05) is 0 Å². The fourth-order valence-corrected chi connectivity index (χ4v) is 4.44. The first-order valence-corrected chi connectivity index (χ1v) is 10.3. The lowest BCUT2D eigenvalue weighted by atomic mass is 10.0. The van der Waals surface area contributed by atoms with E-state index in [2.05, 4.69) is 67.9 Å². The maximum atomic E-state index is 9.57. The van der Waals surface area contributed by atoms with Crippen molar-refractivity contribution in [2.24, 2.45) is 0 Å². The van der Waals surface area contributed by atoms with Gasteiger partial charge in [-0.2, -0.15) is 8.75 Å². The molecule has 0 radical (unpaired) electrons. The van der Waals surface area contributed by atoms with Crippen molar-refractivity contribution in [3.63, 3.8) is 0 Å². The van der Waals surface area contributed by atoms with Gasteiger partial charge in [0.2, 0.25) is 0 Å². The number of aliphatic hydroxyl groups excluding tert-OH is 1. The van der Waals surface area contributed by atoms with Crippen molar-refractivity contribution in [2.45, 2.75) is 32.5 Å². The summed E-state index contributed by atoms with van der Waals surface area (Å²) >= 11 is 1.27. The fraction of sp³-hybridized carbons (Fsp3) is 0.429. The summed E-state index contributed by atoms with van der Waals surface area (Å²) < 4.78 is 8.64. The van der Waals surface area contributed by atoms with Crippen LogP contribution >= 0.6 is 11.7 Å². The number of aromatic nitrogens is 2. The Morgan fingerprint density at radius 1 is 1.07 bits per heavy atom. The second kappa shape index (κ2) is 8.44. The highest BCUT2D eigenvalue weighted by atomic mass is 32.1. The third-order valence-corrected chi connectivity index (χ3v) is 6.07. The van der Waals surface area contributed by atoms with Crippen molar-refractivity contribution in [3.8, 4) is 0 Å². The Labute approximate surface area is 164 Å². The predicted molar refractivity (Wildman–Crippen MR) is 110 cm³/mol. The molecule has 4 rings (SSSR count). The highest BCUT2D eigenvalue weighted by molar-refractivity contribution is 7.00. The maximum absolute atomic E-state index is 9.57. The summed E-state index contributed by atoms with van der Waals surface area (Å²) in [6.07, 6.45) is 0.817. The molecule has 0 spiro atoms. The van der Waals surface area contributed by atoms with Gasteiger partial charge in [0.05, 0.1) is 11.7 Å². The van der Waals surface area contributed by atoms with Gasteiger partial charge in [-0.3, -0.25) is 9.80 Å². The number of benzene rings is 2. The molecule has 3 aromatic rings. The van der Waals surface area contributed by atoms with Crippen molar-refractivity contribution in [1.82, 2.24) is 18.5 Å². The molecule has 1 atom stereocenters. The quantitative estimate of drug-likeness (QED) is 0.710. The van der Waals surface area contributed by atoms with Crippen LogP contribution < -0.4 is 0 Å². The summed E-state index contributed by atoms with van der Waals surface area (Å²) in [6, 6.07) is 15.4. The Kier molecular flexibility index (Phi) is 5.78. The molecule has 2 heterocycles. The smallest absolute Gasteiger partial charge is 0.105 e. The minimum absolute atomic E-state index is 0.235. The van der Waals surface area contributed by atoms with E-state index >= 15 is 0 Å². The molecule has 1 aromatic heterocycles. The number of piperazine rings is 1. The van der Waals surface area contributed by atoms with E-state index in [4.69, 9.17) is 0 Å². The SMILES string of the molecule is Cc1ccccc1CN1CCN(Cc2ccc3nsnc3c2)C[C@@H]1CCO. The summed E-state index contributed by atoms with van der Waals surface area (Å²) in [5.74, 6) is 0. The number of nitrogens with zero attached hydrogens (tertiary/aromatic N) is 4. The molecule has 1 fully saturated rings. The zero-order valence-corrected chi connectivity index (χ0v) is 16.5. The molecule has 5 nitrogen and oxygen atoms in total. The van der Waals surface area contributed by atoms with Crippen LogP contribution in [-0.4, -0.2) is 55.9 Å². The van der Waals surface area contributed by atoms with E-state index in [1.54, 1.807) is 0 Å². The summed E-state index contributed by atoms with van der Waals surface area (Å²) in [5.41, 5.74) is 5.97. The van der Waals surface area contributed by atoms with E-state index < -0.39 is 0 Å². The zero-order chi connectivity index (χ0) is 18.6. The molecular weight excluding hydrogens is 356 g/mol.